The molecule has 0 bridgehead atoms. The lowest BCUT2D eigenvalue weighted by Crippen LogP contribution is -1.94. The minimum Gasteiger partial charge on any atom is -0.507 e. The van der Waals surface area contributed by atoms with Crippen LogP contribution in [0.1, 0.15) is 22.8 Å². The van der Waals surface area contributed by atoms with Crippen molar-refractivity contribution in [3.63, 3.8) is 0 Å². The number of aldehydes is 1. The smallest absolute Gasteiger partial charge is 0.154 e. The lowest BCUT2D eigenvalue weighted by atomic mass is 9.96. The topological polar surface area (TPSA) is 37.3 Å². The van der Waals surface area contributed by atoms with Gasteiger partial charge in [0.25, 0.3) is 0 Å². The van der Waals surface area contributed by atoms with Gasteiger partial charge in [0.1, 0.15) is 5.75 Å². The SMILES string of the molecule is CCc1cc(Br)c(-c2ccccc2)c(C=O)c1O. The molecular weight excluding hydrogens is 292 g/mol. The molecule has 1 N–H and O–H groups in total. The van der Waals surface area contributed by atoms with Crippen molar-refractivity contribution in [2.24, 2.45) is 0 Å². The van der Waals surface area contributed by atoms with E-state index in [4.69, 9.17) is 0 Å². The Morgan fingerprint density at radius 3 is 2.50 bits per heavy atom. The van der Waals surface area contributed by atoms with Crippen molar-refractivity contribution < 1.29 is 9.90 Å². The number of carbonyl (C=O) groups is 1. The fourth-order valence-corrected chi connectivity index (χ4v) is 2.71. The molecule has 0 aromatic heterocycles. The van der Waals surface area contributed by atoms with Crippen LogP contribution in [0.25, 0.3) is 11.1 Å². The van der Waals surface area contributed by atoms with Crippen LogP contribution in [-0.2, 0) is 6.42 Å². The Bertz CT molecular complexity index is 577. The first-order chi connectivity index (χ1) is 8.69. The molecular formula is C15H13BrO2. The minimum absolute atomic E-state index is 0.0783. The molecule has 0 heterocycles. The monoisotopic (exact) mass is 304 g/mol. The van der Waals surface area contributed by atoms with Gasteiger partial charge in [0.2, 0.25) is 0 Å². The van der Waals surface area contributed by atoms with E-state index in [1.54, 1.807) is 0 Å². The van der Waals surface area contributed by atoms with Crippen molar-refractivity contribution in [1.82, 2.24) is 0 Å². The average molecular weight is 305 g/mol. The molecule has 0 atom stereocenters. The highest BCUT2D eigenvalue weighted by atomic mass is 79.9. The highest BCUT2D eigenvalue weighted by Crippen LogP contribution is 2.38. The molecule has 3 heteroatoms. The first-order valence-corrected chi connectivity index (χ1v) is 6.53. The summed E-state index contributed by atoms with van der Waals surface area (Å²) in [5, 5.41) is 10.1. The quantitative estimate of drug-likeness (QED) is 0.863. The van der Waals surface area contributed by atoms with Gasteiger partial charge < -0.3 is 5.11 Å². The number of hydrogen-bond acceptors (Lipinski definition) is 2. The second-order valence-electron chi connectivity index (χ2n) is 3.99. The van der Waals surface area contributed by atoms with E-state index < -0.39 is 0 Å². The maximum atomic E-state index is 11.3. The lowest BCUT2D eigenvalue weighted by molar-refractivity contribution is 0.112. The second-order valence-corrected chi connectivity index (χ2v) is 4.85. The van der Waals surface area contributed by atoms with Crippen molar-refractivity contribution in [3.8, 4) is 16.9 Å². The van der Waals surface area contributed by atoms with Crippen LogP contribution >= 0.6 is 15.9 Å². The number of halogens is 1. The van der Waals surface area contributed by atoms with Gasteiger partial charge in [-0.2, -0.15) is 0 Å². The molecule has 92 valence electrons. The third kappa shape index (κ3) is 2.18. The van der Waals surface area contributed by atoms with Crippen LogP contribution in [-0.4, -0.2) is 11.4 Å². The van der Waals surface area contributed by atoms with Crippen molar-refractivity contribution in [2.75, 3.05) is 0 Å². The number of benzene rings is 2. The summed E-state index contributed by atoms with van der Waals surface area (Å²) >= 11 is 3.48. The molecule has 2 aromatic carbocycles. The van der Waals surface area contributed by atoms with E-state index in [-0.39, 0.29) is 5.75 Å². The molecule has 0 aliphatic rings. The lowest BCUT2D eigenvalue weighted by Gasteiger charge is -2.13. The van der Waals surface area contributed by atoms with E-state index >= 15 is 0 Å². The number of phenols is 1. The molecule has 2 rings (SSSR count). The Kier molecular flexibility index (Phi) is 3.82. The number of phenolic OH excluding ortho intramolecular Hbond substituents is 1. The number of aryl methyl sites for hydroxylation is 1. The zero-order chi connectivity index (χ0) is 13.1. The molecule has 0 spiro atoms. The highest BCUT2D eigenvalue weighted by molar-refractivity contribution is 9.10. The standard InChI is InChI=1S/C15H13BrO2/c1-2-10-8-13(16)14(12(9-17)15(10)18)11-6-4-3-5-7-11/h3-9,18H,2H2,1H3. The molecule has 0 saturated carbocycles. The molecule has 18 heavy (non-hydrogen) atoms. The van der Waals surface area contributed by atoms with E-state index in [0.29, 0.717) is 18.3 Å². The normalized spacial score (nSPS) is 10.3. The van der Waals surface area contributed by atoms with Crippen molar-refractivity contribution >= 4 is 22.2 Å². The summed E-state index contributed by atoms with van der Waals surface area (Å²) in [4.78, 5) is 11.3. The van der Waals surface area contributed by atoms with Crippen LogP contribution in [0, 0.1) is 0 Å². The highest BCUT2D eigenvalue weighted by Gasteiger charge is 2.16. The molecule has 0 amide bonds. The van der Waals surface area contributed by atoms with Gasteiger partial charge in [-0.15, -0.1) is 0 Å². The summed E-state index contributed by atoms with van der Waals surface area (Å²) in [6.45, 7) is 1.94. The summed E-state index contributed by atoms with van der Waals surface area (Å²) in [5.74, 6) is 0.0783. The number of rotatable bonds is 3. The van der Waals surface area contributed by atoms with E-state index in [1.165, 1.54) is 0 Å². The summed E-state index contributed by atoms with van der Waals surface area (Å²) < 4.78 is 0.824. The van der Waals surface area contributed by atoms with Crippen molar-refractivity contribution in [3.05, 3.63) is 52.0 Å². The Labute approximate surface area is 114 Å². The van der Waals surface area contributed by atoms with Gasteiger partial charge in [0.05, 0.1) is 5.56 Å². The number of aromatic hydroxyl groups is 1. The Morgan fingerprint density at radius 2 is 1.94 bits per heavy atom. The fraction of sp³-hybridized carbons (Fsp3) is 0.133. The van der Waals surface area contributed by atoms with Crippen LogP contribution in [0.2, 0.25) is 0 Å². The van der Waals surface area contributed by atoms with Crippen LogP contribution in [0.4, 0.5) is 0 Å². The third-order valence-corrected chi connectivity index (χ3v) is 3.56. The molecule has 0 unspecified atom stereocenters. The second kappa shape index (κ2) is 5.36. The van der Waals surface area contributed by atoms with Crippen LogP contribution < -0.4 is 0 Å². The predicted molar refractivity (Wildman–Crippen MR) is 76.0 cm³/mol. The summed E-state index contributed by atoms with van der Waals surface area (Å²) in [6, 6.07) is 11.4. The van der Waals surface area contributed by atoms with Gasteiger partial charge in [-0.3, -0.25) is 4.79 Å². The molecule has 0 saturated heterocycles. The molecule has 2 aromatic rings. The van der Waals surface area contributed by atoms with Crippen LogP contribution in [0.5, 0.6) is 5.75 Å². The molecule has 0 aliphatic heterocycles. The van der Waals surface area contributed by atoms with Gasteiger partial charge in [-0.1, -0.05) is 53.2 Å². The largest absolute Gasteiger partial charge is 0.507 e. The maximum Gasteiger partial charge on any atom is 0.154 e. The molecule has 2 nitrogen and oxygen atoms in total. The van der Waals surface area contributed by atoms with Gasteiger partial charge >= 0.3 is 0 Å². The first-order valence-electron chi connectivity index (χ1n) is 5.74. The fourth-order valence-electron chi connectivity index (χ4n) is 2.00. The molecule has 0 aliphatic carbocycles. The molecule has 0 radical (unpaired) electrons. The number of carbonyl (C=O) groups excluding carboxylic acids is 1. The van der Waals surface area contributed by atoms with Crippen molar-refractivity contribution in [2.45, 2.75) is 13.3 Å². The van der Waals surface area contributed by atoms with Crippen molar-refractivity contribution in [1.29, 1.82) is 0 Å². The van der Waals surface area contributed by atoms with Gasteiger partial charge in [-0.05, 0) is 23.6 Å². The Hall–Kier alpha value is -1.61. The summed E-state index contributed by atoms with van der Waals surface area (Å²) in [5.41, 5.74) is 2.75. The third-order valence-electron chi connectivity index (χ3n) is 2.93. The zero-order valence-electron chi connectivity index (χ0n) is 9.98. The maximum absolute atomic E-state index is 11.3. The summed E-state index contributed by atoms with van der Waals surface area (Å²) in [6.07, 6.45) is 1.39. The number of hydrogen-bond donors (Lipinski definition) is 1. The zero-order valence-corrected chi connectivity index (χ0v) is 11.6. The van der Waals surface area contributed by atoms with E-state index in [1.807, 2.05) is 43.3 Å². The van der Waals surface area contributed by atoms with E-state index in [0.717, 1.165) is 21.2 Å². The average Bonchev–Trinajstić information content (AvgIpc) is 2.41. The molecule has 0 fully saturated rings. The van der Waals surface area contributed by atoms with E-state index in [9.17, 15) is 9.90 Å². The van der Waals surface area contributed by atoms with Crippen LogP contribution in [0.15, 0.2) is 40.9 Å². The Balaban J connectivity index is 2.75. The van der Waals surface area contributed by atoms with E-state index in [2.05, 4.69) is 15.9 Å². The first kappa shape index (κ1) is 12.8. The van der Waals surface area contributed by atoms with Gasteiger partial charge in [0, 0.05) is 10.0 Å². The minimum atomic E-state index is 0.0783. The van der Waals surface area contributed by atoms with Gasteiger partial charge in [-0.25, -0.2) is 0 Å². The summed E-state index contributed by atoms with van der Waals surface area (Å²) in [7, 11) is 0. The van der Waals surface area contributed by atoms with Crippen LogP contribution in [0.3, 0.4) is 0 Å². The Morgan fingerprint density at radius 1 is 1.28 bits per heavy atom. The predicted octanol–water partition coefficient (Wildman–Crippen LogP) is 4.20. The van der Waals surface area contributed by atoms with Gasteiger partial charge in [0.15, 0.2) is 6.29 Å².